The van der Waals surface area contributed by atoms with Crippen LogP contribution in [0.25, 0.3) is 11.0 Å². The molecular formula is C22H21NO5. The van der Waals surface area contributed by atoms with E-state index in [-0.39, 0.29) is 24.1 Å². The molecule has 2 aromatic carbocycles. The van der Waals surface area contributed by atoms with Gasteiger partial charge in [-0.05, 0) is 36.8 Å². The maximum atomic E-state index is 13.0. The van der Waals surface area contributed by atoms with E-state index in [1.165, 1.54) is 0 Å². The molecule has 6 nitrogen and oxygen atoms in total. The molecule has 2 heterocycles. The molecule has 3 aromatic rings. The smallest absolute Gasteiger partial charge is 0.308 e. The summed E-state index contributed by atoms with van der Waals surface area (Å²) >= 11 is 0. The number of carbonyl (C=O) groups excluding carboxylic acids is 1. The van der Waals surface area contributed by atoms with Gasteiger partial charge in [0.1, 0.15) is 11.3 Å². The average Bonchev–Trinajstić information content (AvgIpc) is 3.31. The standard InChI is InChI=1S/C22H21NO5/c1-13-7-8-18-14(9-13)10-20(28-18)21(24)23-11-16(17(12-23)22(25)26)15-5-3-4-6-19(15)27-2/h3-10,16-17H,11-12H2,1-2H3,(H,25,26)/t16-,17+/m1/s1. The number of carbonyl (C=O) groups is 2. The number of fused-ring (bicyclic) bond motifs is 1. The molecule has 1 saturated heterocycles. The molecular weight excluding hydrogens is 358 g/mol. The fourth-order valence-corrected chi connectivity index (χ4v) is 3.93. The molecule has 0 bridgehead atoms. The molecule has 0 saturated carbocycles. The van der Waals surface area contributed by atoms with E-state index in [1.807, 2.05) is 43.3 Å². The third-order valence-corrected chi connectivity index (χ3v) is 5.35. The Morgan fingerprint density at radius 2 is 1.93 bits per heavy atom. The average molecular weight is 379 g/mol. The van der Waals surface area contributed by atoms with Crippen LogP contribution in [-0.4, -0.2) is 42.1 Å². The van der Waals surface area contributed by atoms with Crippen molar-refractivity contribution in [2.45, 2.75) is 12.8 Å². The first kappa shape index (κ1) is 18.1. The Hall–Kier alpha value is -3.28. The minimum atomic E-state index is -0.925. The molecule has 0 radical (unpaired) electrons. The van der Waals surface area contributed by atoms with Crippen LogP contribution in [0, 0.1) is 12.8 Å². The highest BCUT2D eigenvalue weighted by molar-refractivity contribution is 5.96. The monoisotopic (exact) mass is 379 g/mol. The quantitative estimate of drug-likeness (QED) is 0.748. The molecule has 0 aliphatic carbocycles. The van der Waals surface area contributed by atoms with Crippen molar-refractivity contribution in [3.05, 3.63) is 65.4 Å². The summed E-state index contributed by atoms with van der Waals surface area (Å²) in [5, 5.41) is 10.6. The molecule has 0 unspecified atom stereocenters. The Morgan fingerprint density at radius 3 is 2.68 bits per heavy atom. The first-order chi connectivity index (χ1) is 13.5. The number of nitrogens with zero attached hydrogens (tertiary/aromatic N) is 1. The van der Waals surface area contributed by atoms with Gasteiger partial charge in [0, 0.05) is 24.4 Å². The Morgan fingerprint density at radius 1 is 1.14 bits per heavy atom. The van der Waals surface area contributed by atoms with Gasteiger partial charge in [0.2, 0.25) is 0 Å². The van der Waals surface area contributed by atoms with Crippen LogP contribution in [-0.2, 0) is 4.79 Å². The van der Waals surface area contributed by atoms with Gasteiger partial charge in [-0.15, -0.1) is 0 Å². The zero-order valence-corrected chi connectivity index (χ0v) is 15.7. The highest BCUT2D eigenvalue weighted by Crippen LogP contribution is 2.38. The number of likely N-dealkylation sites (tertiary alicyclic amines) is 1. The largest absolute Gasteiger partial charge is 0.496 e. The van der Waals surface area contributed by atoms with Gasteiger partial charge in [0.05, 0.1) is 13.0 Å². The number of para-hydroxylation sites is 1. The lowest BCUT2D eigenvalue weighted by molar-refractivity contribution is -0.141. The van der Waals surface area contributed by atoms with Crippen LogP contribution in [0.15, 0.2) is 52.9 Å². The van der Waals surface area contributed by atoms with Crippen LogP contribution in [0.4, 0.5) is 0 Å². The lowest BCUT2D eigenvalue weighted by Gasteiger charge is -2.18. The Bertz CT molecular complexity index is 1050. The third kappa shape index (κ3) is 3.11. The summed E-state index contributed by atoms with van der Waals surface area (Å²) in [7, 11) is 1.56. The van der Waals surface area contributed by atoms with E-state index in [9.17, 15) is 14.7 Å². The van der Waals surface area contributed by atoms with Gasteiger partial charge < -0.3 is 19.2 Å². The van der Waals surface area contributed by atoms with E-state index in [4.69, 9.17) is 9.15 Å². The zero-order valence-electron chi connectivity index (χ0n) is 15.7. The molecule has 1 fully saturated rings. The molecule has 1 amide bonds. The Labute approximate surface area is 162 Å². The number of furan rings is 1. The van der Waals surface area contributed by atoms with Crippen molar-refractivity contribution in [1.82, 2.24) is 4.90 Å². The highest BCUT2D eigenvalue weighted by Gasteiger charge is 2.42. The summed E-state index contributed by atoms with van der Waals surface area (Å²) in [5.74, 6) is -1.40. The van der Waals surface area contributed by atoms with E-state index in [1.54, 1.807) is 24.1 Å². The molecule has 6 heteroatoms. The van der Waals surface area contributed by atoms with E-state index in [0.29, 0.717) is 17.9 Å². The van der Waals surface area contributed by atoms with Gasteiger partial charge in [0.25, 0.3) is 5.91 Å². The first-order valence-electron chi connectivity index (χ1n) is 9.13. The maximum Gasteiger partial charge on any atom is 0.308 e. The number of amides is 1. The fourth-order valence-electron chi connectivity index (χ4n) is 3.93. The molecule has 2 atom stereocenters. The maximum absolute atomic E-state index is 13.0. The van der Waals surface area contributed by atoms with Crippen LogP contribution in [0.5, 0.6) is 5.75 Å². The number of aryl methyl sites for hydroxylation is 1. The summed E-state index contributed by atoms with van der Waals surface area (Å²) in [6, 6.07) is 14.8. The van der Waals surface area contributed by atoms with Crippen LogP contribution in [0.2, 0.25) is 0 Å². The third-order valence-electron chi connectivity index (χ3n) is 5.35. The minimum absolute atomic E-state index is 0.132. The summed E-state index contributed by atoms with van der Waals surface area (Å²) in [5.41, 5.74) is 2.52. The number of hydrogen-bond donors (Lipinski definition) is 1. The lowest BCUT2D eigenvalue weighted by atomic mass is 9.88. The fraction of sp³-hybridized carbons (Fsp3) is 0.273. The van der Waals surface area contributed by atoms with Crippen molar-refractivity contribution in [2.24, 2.45) is 5.92 Å². The van der Waals surface area contributed by atoms with E-state index in [2.05, 4.69) is 0 Å². The van der Waals surface area contributed by atoms with Gasteiger partial charge in [-0.3, -0.25) is 9.59 Å². The van der Waals surface area contributed by atoms with Crippen molar-refractivity contribution < 1.29 is 23.8 Å². The SMILES string of the molecule is COc1ccccc1[C@H]1CN(C(=O)c2cc3cc(C)ccc3o2)C[C@@H]1C(=O)O. The van der Waals surface area contributed by atoms with Crippen molar-refractivity contribution in [2.75, 3.05) is 20.2 Å². The minimum Gasteiger partial charge on any atom is -0.496 e. The van der Waals surface area contributed by atoms with Gasteiger partial charge in [0.15, 0.2) is 5.76 Å². The number of methoxy groups -OCH3 is 1. The van der Waals surface area contributed by atoms with Crippen molar-refractivity contribution in [3.8, 4) is 5.75 Å². The molecule has 1 aliphatic rings. The van der Waals surface area contributed by atoms with Crippen LogP contribution >= 0.6 is 0 Å². The number of ether oxygens (including phenoxy) is 1. The number of aliphatic carboxylic acids is 1. The lowest BCUT2D eigenvalue weighted by Crippen LogP contribution is -2.29. The molecule has 144 valence electrons. The summed E-state index contributed by atoms with van der Waals surface area (Å²) in [6.07, 6.45) is 0. The van der Waals surface area contributed by atoms with Crippen molar-refractivity contribution in [1.29, 1.82) is 0 Å². The van der Waals surface area contributed by atoms with Gasteiger partial charge in [-0.1, -0.05) is 29.8 Å². The van der Waals surface area contributed by atoms with Gasteiger partial charge in [-0.2, -0.15) is 0 Å². The molecule has 4 rings (SSSR count). The van der Waals surface area contributed by atoms with Crippen LogP contribution in [0.3, 0.4) is 0 Å². The first-order valence-corrected chi connectivity index (χ1v) is 9.13. The zero-order chi connectivity index (χ0) is 19.8. The second kappa shape index (κ2) is 7.03. The normalized spacial score (nSPS) is 19.1. The van der Waals surface area contributed by atoms with Gasteiger partial charge in [-0.25, -0.2) is 0 Å². The van der Waals surface area contributed by atoms with E-state index < -0.39 is 11.9 Å². The molecule has 1 aromatic heterocycles. The number of rotatable bonds is 4. The number of benzene rings is 2. The van der Waals surface area contributed by atoms with Crippen LogP contribution in [0.1, 0.15) is 27.6 Å². The second-order valence-corrected chi connectivity index (χ2v) is 7.16. The summed E-state index contributed by atoms with van der Waals surface area (Å²) in [4.78, 5) is 26.4. The Balaban J connectivity index is 1.65. The van der Waals surface area contributed by atoms with Crippen molar-refractivity contribution in [3.63, 3.8) is 0 Å². The van der Waals surface area contributed by atoms with E-state index in [0.717, 1.165) is 16.5 Å². The van der Waals surface area contributed by atoms with Crippen molar-refractivity contribution >= 4 is 22.8 Å². The molecule has 1 N–H and O–H groups in total. The topological polar surface area (TPSA) is 80.0 Å². The van der Waals surface area contributed by atoms with Crippen LogP contribution < -0.4 is 4.74 Å². The van der Waals surface area contributed by atoms with E-state index >= 15 is 0 Å². The predicted molar refractivity (Wildman–Crippen MR) is 104 cm³/mol. The summed E-state index contributed by atoms with van der Waals surface area (Å²) < 4.78 is 11.1. The second-order valence-electron chi connectivity index (χ2n) is 7.16. The summed E-state index contributed by atoms with van der Waals surface area (Å²) in [6.45, 7) is 2.41. The molecule has 1 aliphatic heterocycles. The predicted octanol–water partition coefficient (Wildman–Crippen LogP) is 3.69. The Kier molecular flexibility index (Phi) is 4.55. The molecule has 0 spiro atoms. The van der Waals surface area contributed by atoms with Gasteiger partial charge >= 0.3 is 5.97 Å². The highest BCUT2D eigenvalue weighted by atomic mass is 16.5. The number of carboxylic acids is 1. The number of carboxylic acid groups (broad SMARTS) is 1. The number of hydrogen-bond acceptors (Lipinski definition) is 4. The molecule has 28 heavy (non-hydrogen) atoms.